The van der Waals surface area contributed by atoms with Gasteiger partial charge in [-0.3, -0.25) is 0 Å². The van der Waals surface area contributed by atoms with E-state index in [1.165, 1.54) is 12.1 Å². The number of halogens is 1. The Hall–Kier alpha value is -1.65. The number of hydrogen-bond acceptors (Lipinski definition) is 2. The quantitative estimate of drug-likeness (QED) is 0.845. The molecule has 1 aromatic heterocycles. The van der Waals surface area contributed by atoms with Gasteiger partial charge in [0.05, 0.1) is 6.10 Å². The molecule has 0 amide bonds. The number of aliphatic hydroxyl groups is 1. The van der Waals surface area contributed by atoms with Crippen molar-refractivity contribution in [2.75, 3.05) is 6.54 Å². The number of rotatable bonds is 5. The summed E-state index contributed by atoms with van der Waals surface area (Å²) in [7, 11) is 0. The van der Waals surface area contributed by atoms with Crippen LogP contribution in [0.3, 0.4) is 0 Å². The van der Waals surface area contributed by atoms with Crippen molar-refractivity contribution in [2.45, 2.75) is 19.6 Å². The zero-order valence-electron chi connectivity index (χ0n) is 10.3. The van der Waals surface area contributed by atoms with E-state index in [2.05, 4.69) is 0 Å². The van der Waals surface area contributed by atoms with Gasteiger partial charge in [-0.15, -0.1) is 0 Å². The average Bonchev–Trinajstić information content (AvgIpc) is 2.78. The van der Waals surface area contributed by atoms with Gasteiger partial charge in [0.15, 0.2) is 5.76 Å². The maximum Gasteiger partial charge on any atom is 0.158 e. The molecule has 2 rings (SSSR count). The van der Waals surface area contributed by atoms with Gasteiger partial charge in [0.1, 0.15) is 24.7 Å². The van der Waals surface area contributed by atoms with Crippen molar-refractivity contribution < 1.29 is 19.2 Å². The maximum absolute atomic E-state index is 12.8. The minimum absolute atomic E-state index is 0.254. The summed E-state index contributed by atoms with van der Waals surface area (Å²) in [5.74, 6) is 1.32. The highest BCUT2D eigenvalue weighted by atomic mass is 19.1. The monoisotopic (exact) mass is 250 g/mol. The summed E-state index contributed by atoms with van der Waals surface area (Å²) in [5, 5.41) is 11.1. The van der Waals surface area contributed by atoms with Crippen LogP contribution >= 0.6 is 0 Å². The highest BCUT2D eigenvalue weighted by Gasteiger charge is 2.06. The van der Waals surface area contributed by atoms with Crippen LogP contribution in [-0.2, 0) is 6.54 Å². The molecule has 0 radical (unpaired) electrons. The van der Waals surface area contributed by atoms with Crippen molar-refractivity contribution in [1.29, 1.82) is 0 Å². The lowest BCUT2D eigenvalue weighted by Gasteiger charge is -2.01. The van der Waals surface area contributed by atoms with E-state index < -0.39 is 0 Å². The predicted octanol–water partition coefficient (Wildman–Crippen LogP) is 1.53. The van der Waals surface area contributed by atoms with Gasteiger partial charge in [0.25, 0.3) is 0 Å². The molecular formula is C14H17FNO2+. The summed E-state index contributed by atoms with van der Waals surface area (Å²) in [4.78, 5) is 0. The van der Waals surface area contributed by atoms with E-state index in [0.29, 0.717) is 13.1 Å². The largest absolute Gasteiger partial charge is 0.455 e. The molecule has 0 fully saturated rings. The Morgan fingerprint density at radius 1 is 1.22 bits per heavy atom. The molecule has 4 heteroatoms. The SMILES string of the molecule is C[C@H](O)C[NH2+]Cc1ccc(-c2ccc(F)cc2)o1. The van der Waals surface area contributed by atoms with Crippen LogP contribution in [0.25, 0.3) is 11.3 Å². The first kappa shape index (κ1) is 12.8. The number of quaternary nitrogens is 1. The molecule has 0 spiro atoms. The van der Waals surface area contributed by atoms with E-state index in [1.807, 2.05) is 17.4 Å². The van der Waals surface area contributed by atoms with Crippen LogP contribution in [0, 0.1) is 5.82 Å². The zero-order valence-corrected chi connectivity index (χ0v) is 10.3. The summed E-state index contributed by atoms with van der Waals surface area (Å²) in [6.45, 7) is 3.08. The van der Waals surface area contributed by atoms with Gasteiger partial charge in [-0.25, -0.2) is 4.39 Å². The third kappa shape index (κ3) is 3.42. The first-order valence-corrected chi connectivity index (χ1v) is 5.99. The third-order valence-electron chi connectivity index (χ3n) is 2.64. The van der Waals surface area contributed by atoms with Crippen LogP contribution in [0.4, 0.5) is 4.39 Å². The molecule has 0 aliphatic rings. The number of aliphatic hydroxyl groups excluding tert-OH is 1. The Morgan fingerprint density at radius 2 is 1.94 bits per heavy atom. The van der Waals surface area contributed by atoms with Gasteiger partial charge in [-0.1, -0.05) is 0 Å². The number of nitrogens with two attached hydrogens (primary N) is 1. The van der Waals surface area contributed by atoms with E-state index in [1.54, 1.807) is 19.1 Å². The molecule has 1 atom stereocenters. The molecule has 0 aliphatic carbocycles. The predicted molar refractivity (Wildman–Crippen MR) is 66.3 cm³/mol. The summed E-state index contributed by atoms with van der Waals surface area (Å²) in [6, 6.07) is 9.99. The highest BCUT2D eigenvalue weighted by Crippen LogP contribution is 2.21. The molecular weight excluding hydrogens is 233 g/mol. The molecule has 1 aromatic carbocycles. The molecule has 0 unspecified atom stereocenters. The fourth-order valence-corrected chi connectivity index (χ4v) is 1.72. The third-order valence-corrected chi connectivity index (χ3v) is 2.64. The number of furan rings is 1. The van der Waals surface area contributed by atoms with E-state index in [-0.39, 0.29) is 11.9 Å². The lowest BCUT2D eigenvalue weighted by atomic mass is 10.2. The Labute approximate surface area is 105 Å². The second-order valence-electron chi connectivity index (χ2n) is 4.35. The normalized spacial score (nSPS) is 12.6. The minimum Gasteiger partial charge on any atom is -0.455 e. The van der Waals surface area contributed by atoms with Crippen LogP contribution < -0.4 is 5.32 Å². The summed E-state index contributed by atoms with van der Waals surface area (Å²) in [6.07, 6.45) is -0.323. The molecule has 3 nitrogen and oxygen atoms in total. The molecule has 0 saturated carbocycles. The lowest BCUT2D eigenvalue weighted by molar-refractivity contribution is -0.677. The van der Waals surface area contributed by atoms with Crippen molar-refractivity contribution in [3.63, 3.8) is 0 Å². The molecule has 96 valence electrons. The van der Waals surface area contributed by atoms with Crippen molar-refractivity contribution in [2.24, 2.45) is 0 Å². The Kier molecular flexibility index (Phi) is 4.12. The summed E-state index contributed by atoms with van der Waals surface area (Å²) >= 11 is 0. The van der Waals surface area contributed by atoms with E-state index in [0.717, 1.165) is 17.1 Å². The second kappa shape index (κ2) is 5.80. The smallest absolute Gasteiger partial charge is 0.158 e. The van der Waals surface area contributed by atoms with Gasteiger partial charge in [0, 0.05) is 5.56 Å². The standard InChI is InChI=1S/C14H16FNO2/c1-10(17)8-16-9-13-6-7-14(18-13)11-2-4-12(15)5-3-11/h2-7,10,16-17H,8-9H2,1H3/p+1/t10-/m0/s1. The van der Waals surface area contributed by atoms with Crippen LogP contribution in [-0.4, -0.2) is 17.8 Å². The van der Waals surface area contributed by atoms with Gasteiger partial charge in [-0.05, 0) is 43.3 Å². The summed E-state index contributed by atoms with van der Waals surface area (Å²) in [5.41, 5.74) is 0.859. The molecule has 0 aliphatic heterocycles. The lowest BCUT2D eigenvalue weighted by Crippen LogP contribution is -2.84. The maximum atomic E-state index is 12.8. The van der Waals surface area contributed by atoms with Crippen molar-refractivity contribution >= 4 is 0 Å². The molecule has 18 heavy (non-hydrogen) atoms. The van der Waals surface area contributed by atoms with Crippen LogP contribution in [0.15, 0.2) is 40.8 Å². The average molecular weight is 250 g/mol. The van der Waals surface area contributed by atoms with Gasteiger partial charge in [-0.2, -0.15) is 0 Å². The van der Waals surface area contributed by atoms with E-state index >= 15 is 0 Å². The minimum atomic E-state index is -0.323. The highest BCUT2D eigenvalue weighted by molar-refractivity contribution is 5.57. The molecule has 3 N–H and O–H groups in total. The van der Waals surface area contributed by atoms with Crippen LogP contribution in [0.2, 0.25) is 0 Å². The first-order chi connectivity index (χ1) is 8.65. The van der Waals surface area contributed by atoms with Crippen LogP contribution in [0.5, 0.6) is 0 Å². The number of benzene rings is 1. The van der Waals surface area contributed by atoms with Gasteiger partial charge >= 0.3 is 0 Å². The molecule has 1 heterocycles. The number of hydrogen-bond donors (Lipinski definition) is 2. The van der Waals surface area contributed by atoms with E-state index in [4.69, 9.17) is 9.52 Å². The topological polar surface area (TPSA) is 50.0 Å². The van der Waals surface area contributed by atoms with Crippen LogP contribution in [0.1, 0.15) is 12.7 Å². The Morgan fingerprint density at radius 3 is 2.61 bits per heavy atom. The molecule has 0 bridgehead atoms. The van der Waals surface area contributed by atoms with Crippen molar-refractivity contribution in [3.05, 3.63) is 48.0 Å². The second-order valence-corrected chi connectivity index (χ2v) is 4.35. The molecule has 0 saturated heterocycles. The zero-order chi connectivity index (χ0) is 13.0. The Bertz CT molecular complexity index is 491. The molecule has 2 aromatic rings. The van der Waals surface area contributed by atoms with Gasteiger partial charge in [0.2, 0.25) is 0 Å². The van der Waals surface area contributed by atoms with Crippen molar-refractivity contribution in [3.8, 4) is 11.3 Å². The summed E-state index contributed by atoms with van der Waals surface area (Å²) < 4.78 is 18.4. The Balaban J connectivity index is 1.99. The van der Waals surface area contributed by atoms with E-state index in [9.17, 15) is 4.39 Å². The van der Waals surface area contributed by atoms with Crippen molar-refractivity contribution in [1.82, 2.24) is 0 Å². The first-order valence-electron chi connectivity index (χ1n) is 5.99. The fraction of sp³-hybridized carbons (Fsp3) is 0.286. The fourth-order valence-electron chi connectivity index (χ4n) is 1.72. The van der Waals surface area contributed by atoms with Gasteiger partial charge < -0.3 is 14.8 Å².